The standard InChI is InChI=1S/C5H11BO2/c1-5(7,8)3-2-4-6/h7-8H,2-4H2,1H3. The normalized spacial score (nSPS) is 11.9. The minimum atomic E-state index is -1.53. The van der Waals surface area contributed by atoms with Crippen LogP contribution in [0.1, 0.15) is 19.8 Å². The zero-order chi connectivity index (χ0) is 6.62. The third kappa shape index (κ3) is 5.98. The van der Waals surface area contributed by atoms with E-state index in [2.05, 4.69) is 0 Å². The summed E-state index contributed by atoms with van der Waals surface area (Å²) in [7, 11) is 5.11. The van der Waals surface area contributed by atoms with E-state index in [0.29, 0.717) is 19.2 Å². The molecule has 0 aromatic heterocycles. The second-order valence-electron chi connectivity index (χ2n) is 2.11. The number of rotatable bonds is 3. The minimum absolute atomic E-state index is 0.351. The van der Waals surface area contributed by atoms with Crippen molar-refractivity contribution in [2.24, 2.45) is 0 Å². The average molecular weight is 114 g/mol. The van der Waals surface area contributed by atoms with E-state index >= 15 is 0 Å². The molecule has 0 spiro atoms. The molecule has 46 valence electrons. The Hall–Kier alpha value is -0.0151. The highest BCUT2D eigenvalue weighted by atomic mass is 16.5. The average Bonchev–Trinajstić information content (AvgIpc) is 1.59. The van der Waals surface area contributed by atoms with Crippen LogP contribution in [-0.4, -0.2) is 23.8 Å². The van der Waals surface area contributed by atoms with Gasteiger partial charge in [-0.1, -0.05) is 12.7 Å². The lowest BCUT2D eigenvalue weighted by molar-refractivity contribution is -0.149. The first-order chi connectivity index (χ1) is 3.56. The summed E-state index contributed by atoms with van der Waals surface area (Å²) in [6, 6.07) is 0. The summed E-state index contributed by atoms with van der Waals surface area (Å²) in [4.78, 5) is 0. The third-order valence-corrected chi connectivity index (χ3v) is 0.855. The smallest absolute Gasteiger partial charge is 0.159 e. The maximum Gasteiger partial charge on any atom is 0.159 e. The Morgan fingerprint density at radius 2 is 2.00 bits per heavy atom. The summed E-state index contributed by atoms with van der Waals surface area (Å²) in [5, 5.41) is 17.3. The van der Waals surface area contributed by atoms with Gasteiger partial charge in [0.2, 0.25) is 0 Å². The summed E-state index contributed by atoms with van der Waals surface area (Å²) in [6.45, 7) is 1.35. The SMILES string of the molecule is [B]CCCC(C)(O)O. The van der Waals surface area contributed by atoms with Crippen molar-refractivity contribution in [1.29, 1.82) is 0 Å². The molecule has 0 saturated heterocycles. The van der Waals surface area contributed by atoms with Gasteiger partial charge < -0.3 is 10.2 Å². The van der Waals surface area contributed by atoms with Gasteiger partial charge in [-0.3, -0.25) is 0 Å². The van der Waals surface area contributed by atoms with Crippen molar-refractivity contribution in [3.63, 3.8) is 0 Å². The van der Waals surface area contributed by atoms with Crippen LogP contribution in [0.3, 0.4) is 0 Å². The van der Waals surface area contributed by atoms with Gasteiger partial charge >= 0.3 is 0 Å². The lowest BCUT2D eigenvalue weighted by atomic mass is 9.98. The Morgan fingerprint density at radius 3 is 2.12 bits per heavy atom. The summed E-state index contributed by atoms with van der Waals surface area (Å²) < 4.78 is 0. The van der Waals surface area contributed by atoms with Gasteiger partial charge in [-0.25, -0.2) is 0 Å². The second-order valence-corrected chi connectivity index (χ2v) is 2.11. The highest BCUT2D eigenvalue weighted by Gasteiger charge is 2.12. The molecular formula is C5H11BO2. The van der Waals surface area contributed by atoms with Crippen LogP contribution in [0.2, 0.25) is 6.32 Å². The molecule has 3 heteroatoms. The topological polar surface area (TPSA) is 40.5 Å². The van der Waals surface area contributed by atoms with Crippen molar-refractivity contribution in [2.45, 2.75) is 31.9 Å². The molecule has 8 heavy (non-hydrogen) atoms. The predicted molar refractivity (Wildman–Crippen MR) is 32.6 cm³/mol. The van der Waals surface area contributed by atoms with E-state index < -0.39 is 5.79 Å². The van der Waals surface area contributed by atoms with Crippen LogP contribution in [0.25, 0.3) is 0 Å². The quantitative estimate of drug-likeness (QED) is 0.402. The van der Waals surface area contributed by atoms with Crippen LogP contribution in [-0.2, 0) is 0 Å². The molecule has 0 aliphatic carbocycles. The van der Waals surface area contributed by atoms with E-state index in [-0.39, 0.29) is 0 Å². The van der Waals surface area contributed by atoms with Crippen molar-refractivity contribution in [2.75, 3.05) is 0 Å². The Bertz CT molecular complexity index is 57.9. The summed E-state index contributed by atoms with van der Waals surface area (Å²) in [5.41, 5.74) is 0. The first-order valence-corrected chi connectivity index (χ1v) is 2.71. The van der Waals surface area contributed by atoms with Crippen LogP contribution < -0.4 is 0 Å². The maximum atomic E-state index is 8.65. The second kappa shape index (κ2) is 3.10. The highest BCUT2D eigenvalue weighted by molar-refractivity contribution is 6.08. The van der Waals surface area contributed by atoms with Crippen molar-refractivity contribution in [3.8, 4) is 0 Å². The van der Waals surface area contributed by atoms with Crippen LogP contribution in [0.5, 0.6) is 0 Å². The monoisotopic (exact) mass is 114 g/mol. The van der Waals surface area contributed by atoms with Crippen molar-refractivity contribution in [3.05, 3.63) is 0 Å². The molecule has 0 saturated carbocycles. The van der Waals surface area contributed by atoms with Gasteiger partial charge in [0.25, 0.3) is 0 Å². The van der Waals surface area contributed by atoms with E-state index in [0.717, 1.165) is 0 Å². The lowest BCUT2D eigenvalue weighted by Crippen LogP contribution is -2.22. The van der Waals surface area contributed by atoms with Gasteiger partial charge in [0.05, 0.1) is 7.85 Å². The first-order valence-electron chi connectivity index (χ1n) is 2.71. The molecule has 0 heterocycles. The fourth-order valence-electron chi connectivity index (χ4n) is 0.437. The van der Waals surface area contributed by atoms with E-state index in [1.165, 1.54) is 6.92 Å². The van der Waals surface area contributed by atoms with Crippen LogP contribution >= 0.6 is 0 Å². The molecule has 0 fully saturated rings. The molecule has 0 aromatic rings. The van der Waals surface area contributed by atoms with E-state index in [4.69, 9.17) is 18.1 Å². The van der Waals surface area contributed by atoms with Gasteiger partial charge in [-0.05, 0) is 13.3 Å². The van der Waals surface area contributed by atoms with Gasteiger partial charge in [-0.15, -0.1) is 0 Å². The molecular weight excluding hydrogens is 103 g/mol. The van der Waals surface area contributed by atoms with Gasteiger partial charge in [0.1, 0.15) is 0 Å². The highest BCUT2D eigenvalue weighted by Crippen LogP contribution is 2.07. The molecule has 2 radical (unpaired) electrons. The summed E-state index contributed by atoms with van der Waals surface area (Å²) in [5.74, 6) is -1.53. The molecule has 0 unspecified atom stereocenters. The Labute approximate surface area is 50.9 Å². The molecule has 0 bridgehead atoms. The van der Waals surface area contributed by atoms with E-state index in [1.807, 2.05) is 0 Å². The fourth-order valence-corrected chi connectivity index (χ4v) is 0.437. The van der Waals surface area contributed by atoms with E-state index in [9.17, 15) is 0 Å². The molecule has 2 N–H and O–H groups in total. The van der Waals surface area contributed by atoms with Crippen molar-refractivity contribution >= 4 is 7.85 Å². The van der Waals surface area contributed by atoms with Crippen LogP contribution in [0, 0.1) is 0 Å². The number of hydrogen-bond donors (Lipinski definition) is 2. The van der Waals surface area contributed by atoms with Gasteiger partial charge in [0.15, 0.2) is 5.79 Å². The van der Waals surface area contributed by atoms with Gasteiger partial charge in [0, 0.05) is 0 Å². The molecule has 0 aromatic carbocycles. The fraction of sp³-hybridized carbons (Fsp3) is 1.00. The third-order valence-electron chi connectivity index (χ3n) is 0.855. The lowest BCUT2D eigenvalue weighted by Gasteiger charge is -2.13. The Kier molecular flexibility index (Phi) is 3.09. The maximum absolute atomic E-state index is 8.65. The first kappa shape index (κ1) is 7.98. The zero-order valence-electron chi connectivity index (χ0n) is 5.09. The number of aliphatic hydroxyl groups is 2. The number of hydrogen-bond acceptors (Lipinski definition) is 2. The summed E-state index contributed by atoms with van der Waals surface area (Å²) in [6.07, 6.45) is 1.52. The van der Waals surface area contributed by atoms with Crippen molar-refractivity contribution in [1.82, 2.24) is 0 Å². The summed E-state index contributed by atoms with van der Waals surface area (Å²) >= 11 is 0. The molecule has 0 aliphatic rings. The zero-order valence-corrected chi connectivity index (χ0v) is 5.09. The molecule has 0 amide bonds. The van der Waals surface area contributed by atoms with Crippen LogP contribution in [0.4, 0.5) is 0 Å². The van der Waals surface area contributed by atoms with Gasteiger partial charge in [-0.2, -0.15) is 0 Å². The predicted octanol–water partition coefficient (Wildman–Crippen LogP) is 0.0542. The molecule has 0 rings (SSSR count). The largest absolute Gasteiger partial charge is 0.366 e. The van der Waals surface area contributed by atoms with Crippen LogP contribution in [0.15, 0.2) is 0 Å². The molecule has 2 nitrogen and oxygen atoms in total. The Balaban J connectivity index is 3.11. The minimum Gasteiger partial charge on any atom is -0.366 e. The molecule has 0 atom stereocenters. The van der Waals surface area contributed by atoms with Crippen molar-refractivity contribution < 1.29 is 10.2 Å². The van der Waals surface area contributed by atoms with E-state index in [1.54, 1.807) is 0 Å². The Morgan fingerprint density at radius 1 is 1.50 bits per heavy atom. The molecule has 0 aliphatic heterocycles.